The van der Waals surface area contributed by atoms with Crippen LogP contribution < -0.4 is 15.2 Å². The van der Waals surface area contributed by atoms with Gasteiger partial charge in [0, 0.05) is 42.6 Å². The van der Waals surface area contributed by atoms with Crippen LogP contribution in [0.5, 0.6) is 11.5 Å². The maximum atomic E-state index is 13.5. The third-order valence-electron chi connectivity index (χ3n) is 7.67. The minimum Gasteiger partial charge on any atom is -0.497 e. The Hall–Kier alpha value is -4.17. The van der Waals surface area contributed by atoms with Crippen molar-refractivity contribution in [3.8, 4) is 28.8 Å². The molecule has 2 unspecified atom stereocenters. The van der Waals surface area contributed by atoms with E-state index < -0.39 is 11.8 Å². The number of fused-ring (bicyclic) bond motifs is 1. The second-order valence-corrected chi connectivity index (χ2v) is 11.4. The lowest BCUT2D eigenvalue weighted by atomic mass is 9.97. The van der Waals surface area contributed by atoms with Crippen LogP contribution in [0.2, 0.25) is 10.0 Å². The van der Waals surface area contributed by atoms with Gasteiger partial charge in [-0.1, -0.05) is 35.3 Å². The van der Waals surface area contributed by atoms with Gasteiger partial charge in [-0.3, -0.25) is 4.79 Å². The maximum absolute atomic E-state index is 13.5. The normalized spacial score (nSPS) is 19.5. The number of amides is 1. The Morgan fingerprint density at radius 2 is 2.05 bits per heavy atom. The fraction of sp³-hybridized carbons (Fsp3) is 0.300. The van der Waals surface area contributed by atoms with Crippen LogP contribution in [-0.4, -0.2) is 56.3 Å². The van der Waals surface area contributed by atoms with Crippen LogP contribution in [0.3, 0.4) is 0 Å². The molecule has 2 aromatic heterocycles. The van der Waals surface area contributed by atoms with Crippen molar-refractivity contribution < 1.29 is 14.3 Å². The zero-order chi connectivity index (χ0) is 29.4. The van der Waals surface area contributed by atoms with E-state index in [9.17, 15) is 10.1 Å². The van der Waals surface area contributed by atoms with Gasteiger partial charge in [0.2, 0.25) is 6.23 Å². The molecule has 1 saturated carbocycles. The van der Waals surface area contributed by atoms with Gasteiger partial charge in [-0.15, -0.1) is 0 Å². The van der Waals surface area contributed by atoms with Gasteiger partial charge in [-0.25, -0.2) is 14.6 Å². The molecule has 0 spiro atoms. The molecule has 1 aliphatic carbocycles. The first kappa shape index (κ1) is 28.0. The lowest BCUT2D eigenvalue weighted by Crippen LogP contribution is -2.53. The van der Waals surface area contributed by atoms with Crippen LogP contribution in [0.25, 0.3) is 22.3 Å². The number of methoxy groups -OCH3 is 1. The molecule has 2 fully saturated rings. The number of rotatable bonds is 8. The minimum absolute atomic E-state index is 0.116. The molecule has 6 rings (SSSR count). The fourth-order valence-corrected chi connectivity index (χ4v) is 5.64. The maximum Gasteiger partial charge on any atom is 0.250 e. The summed E-state index contributed by atoms with van der Waals surface area (Å²) in [6.45, 7) is 0.567. The first-order chi connectivity index (χ1) is 20.3. The van der Waals surface area contributed by atoms with Gasteiger partial charge in [-0.2, -0.15) is 10.4 Å². The Balaban J connectivity index is 1.44. The smallest absolute Gasteiger partial charge is 0.250 e. The number of halogens is 2. The third kappa shape index (κ3) is 5.27. The van der Waals surface area contributed by atoms with Gasteiger partial charge in [-0.05, 0) is 49.4 Å². The highest BCUT2D eigenvalue weighted by atomic mass is 35.5. The molecule has 1 aliphatic heterocycles. The summed E-state index contributed by atoms with van der Waals surface area (Å²) >= 11 is 12.5. The van der Waals surface area contributed by atoms with E-state index >= 15 is 0 Å². The number of hydrogen-bond donors (Lipinski definition) is 1. The largest absolute Gasteiger partial charge is 0.497 e. The predicted molar refractivity (Wildman–Crippen MR) is 158 cm³/mol. The van der Waals surface area contributed by atoms with E-state index in [1.807, 2.05) is 30.3 Å². The van der Waals surface area contributed by atoms with E-state index in [2.05, 4.69) is 9.97 Å². The molecular weight excluding hydrogens is 577 g/mol. The molecule has 2 aliphatic rings. The molecule has 2 atom stereocenters. The first-order valence-corrected chi connectivity index (χ1v) is 14.2. The van der Waals surface area contributed by atoms with E-state index in [0.717, 1.165) is 18.4 Å². The van der Waals surface area contributed by atoms with Crippen LogP contribution in [0.15, 0.2) is 66.6 Å². The highest BCUT2D eigenvalue weighted by Gasteiger charge is 2.48. The van der Waals surface area contributed by atoms with Crippen LogP contribution in [0.1, 0.15) is 25.5 Å². The summed E-state index contributed by atoms with van der Waals surface area (Å²) in [7, 11) is 1.60. The molecule has 2 aromatic carbocycles. The van der Waals surface area contributed by atoms with E-state index in [1.165, 1.54) is 12.4 Å². The van der Waals surface area contributed by atoms with Crippen molar-refractivity contribution in [1.82, 2.24) is 24.6 Å². The number of carbonyl (C=O) groups is 1. The summed E-state index contributed by atoms with van der Waals surface area (Å²) in [6, 6.07) is 14.5. The summed E-state index contributed by atoms with van der Waals surface area (Å²) in [5.74, 6) is 1.04. The van der Waals surface area contributed by atoms with E-state index in [1.54, 1.807) is 41.1 Å². The van der Waals surface area contributed by atoms with Crippen molar-refractivity contribution in [2.24, 2.45) is 11.7 Å². The summed E-state index contributed by atoms with van der Waals surface area (Å²) < 4.78 is 13.6. The second-order valence-electron chi connectivity index (χ2n) is 10.5. The van der Waals surface area contributed by atoms with Crippen molar-refractivity contribution in [3.63, 3.8) is 0 Å². The number of nitriles is 1. The summed E-state index contributed by atoms with van der Waals surface area (Å²) in [6.07, 6.45) is 5.79. The molecule has 214 valence electrons. The summed E-state index contributed by atoms with van der Waals surface area (Å²) in [5.41, 5.74) is 8.51. The van der Waals surface area contributed by atoms with Crippen molar-refractivity contribution in [3.05, 3.63) is 76.7 Å². The monoisotopic (exact) mass is 603 g/mol. The van der Waals surface area contributed by atoms with Gasteiger partial charge in [0.1, 0.15) is 23.5 Å². The Morgan fingerprint density at radius 1 is 1.21 bits per heavy atom. The molecule has 0 radical (unpaired) electrons. The predicted octanol–water partition coefficient (Wildman–Crippen LogP) is 5.18. The molecule has 1 saturated heterocycles. The lowest BCUT2D eigenvalue weighted by molar-refractivity contribution is -0.126. The number of aromatic nitrogens is 4. The van der Waals surface area contributed by atoms with Crippen molar-refractivity contribution in [1.29, 1.82) is 5.26 Å². The minimum atomic E-state index is -1.08. The molecule has 12 heteroatoms. The van der Waals surface area contributed by atoms with Crippen LogP contribution in [0, 0.1) is 17.2 Å². The third-order valence-corrected chi connectivity index (χ3v) is 8.41. The van der Waals surface area contributed by atoms with Crippen LogP contribution >= 0.6 is 23.2 Å². The van der Waals surface area contributed by atoms with Crippen LogP contribution in [-0.2, 0) is 4.79 Å². The number of ether oxygens (including phenoxy) is 2. The molecule has 2 N–H and O–H groups in total. The lowest BCUT2D eigenvalue weighted by Gasteiger charge is -2.34. The van der Waals surface area contributed by atoms with Crippen molar-refractivity contribution >= 4 is 40.1 Å². The zero-order valence-corrected chi connectivity index (χ0v) is 24.2. The fourth-order valence-electron chi connectivity index (χ4n) is 5.35. The standard InChI is InChI=1S/C30H27Cl2N7O3/c1-41-20-4-2-3-19(13-20)26-23-15-35-17-36-27(23)39(37-26)29(42-21-7-8-24(31)25(32)14-21)30(34)10-12-38(16-30)28(40)22(9-11-33)18-5-6-18/h2-4,7-9,13-15,17-18,29H,5-6,10,12,16,34H2,1H3. The average Bonchev–Trinajstić information content (AvgIpc) is 3.66. The van der Waals surface area contributed by atoms with Gasteiger partial charge < -0.3 is 20.1 Å². The molecule has 42 heavy (non-hydrogen) atoms. The van der Waals surface area contributed by atoms with Crippen molar-refractivity contribution in [2.75, 3.05) is 20.2 Å². The number of allylic oxidation sites excluding steroid dienone is 1. The quantitative estimate of drug-likeness (QED) is 0.215. The van der Waals surface area contributed by atoms with E-state index in [4.69, 9.17) is 43.5 Å². The van der Waals surface area contributed by atoms with Gasteiger partial charge in [0.05, 0.1) is 34.1 Å². The molecule has 3 heterocycles. The molecular formula is C30H27Cl2N7O3. The SMILES string of the molecule is COc1cccc(-c2nn(C(Oc3ccc(Cl)c(Cl)c3)C3(N)CCN(C(=O)C(=CC#N)C4CC4)C3)c3ncncc23)c1. The Labute approximate surface area is 252 Å². The van der Waals surface area contributed by atoms with E-state index in [0.29, 0.717) is 56.8 Å². The number of nitrogens with zero attached hydrogens (tertiary/aromatic N) is 6. The number of nitrogens with two attached hydrogens (primary N) is 1. The zero-order valence-electron chi connectivity index (χ0n) is 22.7. The summed E-state index contributed by atoms with van der Waals surface area (Å²) in [5, 5.41) is 15.7. The first-order valence-electron chi connectivity index (χ1n) is 13.4. The van der Waals surface area contributed by atoms with E-state index in [-0.39, 0.29) is 18.4 Å². The number of carbonyl (C=O) groups excluding carboxylic acids is 1. The van der Waals surface area contributed by atoms with Crippen LogP contribution in [0.4, 0.5) is 0 Å². The Bertz CT molecular complexity index is 1750. The highest BCUT2D eigenvalue weighted by Crippen LogP contribution is 2.41. The van der Waals surface area contributed by atoms with Gasteiger partial charge in [0.15, 0.2) is 5.65 Å². The molecule has 1 amide bonds. The van der Waals surface area contributed by atoms with Gasteiger partial charge in [0.25, 0.3) is 5.91 Å². The molecule has 4 aromatic rings. The average molecular weight is 604 g/mol. The molecule has 0 bridgehead atoms. The van der Waals surface area contributed by atoms with Crippen molar-refractivity contribution in [2.45, 2.75) is 31.0 Å². The van der Waals surface area contributed by atoms with Gasteiger partial charge >= 0.3 is 0 Å². The topological polar surface area (TPSA) is 132 Å². The Morgan fingerprint density at radius 3 is 2.79 bits per heavy atom. The second kappa shape index (κ2) is 11.2. The number of benzene rings is 2. The molecule has 10 nitrogen and oxygen atoms in total. The summed E-state index contributed by atoms with van der Waals surface area (Å²) in [4.78, 5) is 24.0. The number of likely N-dealkylation sites (tertiary alicyclic amines) is 1. The Kier molecular flexibility index (Phi) is 7.49. The highest BCUT2D eigenvalue weighted by molar-refractivity contribution is 6.42. The number of hydrogen-bond acceptors (Lipinski definition) is 8.